The molecule has 178 valence electrons. The van der Waals surface area contributed by atoms with Crippen LogP contribution in [-0.4, -0.2) is 78.8 Å². The molecule has 3 atom stereocenters. The van der Waals surface area contributed by atoms with Crippen molar-refractivity contribution < 1.29 is 19.4 Å². The lowest BCUT2D eigenvalue weighted by Gasteiger charge is -2.37. The van der Waals surface area contributed by atoms with E-state index in [2.05, 4.69) is 22.5 Å². The highest BCUT2D eigenvalue weighted by Gasteiger charge is 2.33. The Morgan fingerprint density at radius 1 is 1.28 bits per heavy atom. The van der Waals surface area contributed by atoms with Gasteiger partial charge < -0.3 is 30.3 Å². The van der Waals surface area contributed by atoms with Crippen molar-refractivity contribution in [2.75, 3.05) is 39.1 Å². The highest BCUT2D eigenvalue weighted by atomic mass is 16.5. The Balaban J connectivity index is 1.84. The maximum Gasteiger partial charge on any atom is 0.319 e. The van der Waals surface area contributed by atoms with Gasteiger partial charge in [0.25, 0.3) is 5.91 Å². The molecule has 1 aromatic carbocycles. The van der Waals surface area contributed by atoms with Crippen molar-refractivity contribution in [3.8, 4) is 5.75 Å². The number of ether oxygens (including phenoxy) is 1. The molecular formula is C24H38N4O4. The zero-order valence-corrected chi connectivity index (χ0v) is 19.8. The summed E-state index contributed by atoms with van der Waals surface area (Å²) < 4.78 is 6.29. The molecule has 0 radical (unpaired) electrons. The Bertz CT molecular complexity index is 794. The monoisotopic (exact) mass is 446 g/mol. The summed E-state index contributed by atoms with van der Waals surface area (Å²) in [6.45, 7) is 4.98. The number of nitrogens with one attached hydrogen (secondary N) is 2. The molecule has 0 unspecified atom stereocenters. The number of rotatable bonds is 6. The third-order valence-electron chi connectivity index (χ3n) is 6.41. The first-order valence-corrected chi connectivity index (χ1v) is 11.7. The number of likely N-dealkylation sites (N-methyl/N-ethyl adjacent to an activating group) is 1. The molecule has 0 bridgehead atoms. The van der Waals surface area contributed by atoms with Gasteiger partial charge in [-0.3, -0.25) is 4.79 Å². The summed E-state index contributed by atoms with van der Waals surface area (Å²) in [5.74, 6) is 0.386. The van der Waals surface area contributed by atoms with Crippen LogP contribution in [0.1, 0.15) is 56.3 Å². The van der Waals surface area contributed by atoms with Gasteiger partial charge in [0.1, 0.15) is 11.9 Å². The zero-order valence-electron chi connectivity index (χ0n) is 19.8. The molecule has 1 saturated carbocycles. The Kier molecular flexibility index (Phi) is 8.37. The highest BCUT2D eigenvalue weighted by Crippen LogP contribution is 2.30. The summed E-state index contributed by atoms with van der Waals surface area (Å²) in [6.07, 6.45) is 5.40. The number of anilines is 1. The van der Waals surface area contributed by atoms with Gasteiger partial charge in [0.15, 0.2) is 0 Å². The van der Waals surface area contributed by atoms with Gasteiger partial charge >= 0.3 is 6.03 Å². The van der Waals surface area contributed by atoms with Crippen molar-refractivity contribution in [1.82, 2.24) is 15.1 Å². The number of nitrogens with zero attached hydrogens (tertiary/aromatic N) is 2. The van der Waals surface area contributed by atoms with E-state index in [0.29, 0.717) is 30.1 Å². The van der Waals surface area contributed by atoms with Crippen LogP contribution >= 0.6 is 0 Å². The fourth-order valence-electron chi connectivity index (χ4n) is 4.48. The summed E-state index contributed by atoms with van der Waals surface area (Å²) in [6, 6.07) is 4.83. The van der Waals surface area contributed by atoms with Gasteiger partial charge in [0.2, 0.25) is 0 Å². The molecular weight excluding hydrogens is 408 g/mol. The molecule has 2 aliphatic rings. The summed E-state index contributed by atoms with van der Waals surface area (Å²) in [5, 5.41) is 15.7. The predicted octanol–water partition coefficient (Wildman–Crippen LogP) is 2.92. The molecule has 8 nitrogen and oxygen atoms in total. The van der Waals surface area contributed by atoms with E-state index in [0.717, 1.165) is 25.7 Å². The maximum absolute atomic E-state index is 13.4. The maximum atomic E-state index is 13.4. The van der Waals surface area contributed by atoms with Gasteiger partial charge in [-0.25, -0.2) is 4.79 Å². The van der Waals surface area contributed by atoms with Crippen LogP contribution < -0.4 is 15.4 Å². The number of hydrogen-bond donors (Lipinski definition) is 3. The van der Waals surface area contributed by atoms with Crippen molar-refractivity contribution in [3.05, 3.63) is 23.8 Å². The van der Waals surface area contributed by atoms with E-state index in [1.807, 2.05) is 21.0 Å². The van der Waals surface area contributed by atoms with E-state index in [-0.39, 0.29) is 42.7 Å². The number of amides is 3. The first-order valence-electron chi connectivity index (χ1n) is 11.7. The number of carbonyl (C=O) groups excluding carboxylic acids is 2. The Hall–Kier alpha value is -2.32. The normalized spacial score (nSPS) is 23.1. The number of aliphatic hydroxyl groups is 1. The van der Waals surface area contributed by atoms with Crippen LogP contribution in [0.2, 0.25) is 0 Å². The van der Waals surface area contributed by atoms with E-state index in [4.69, 9.17) is 4.74 Å². The molecule has 1 fully saturated rings. The van der Waals surface area contributed by atoms with Gasteiger partial charge in [-0.1, -0.05) is 26.2 Å². The molecule has 3 N–H and O–H groups in total. The Morgan fingerprint density at radius 3 is 2.66 bits per heavy atom. The number of fused-ring (bicyclic) bond motifs is 1. The molecule has 0 aromatic heterocycles. The lowest BCUT2D eigenvalue weighted by Crippen LogP contribution is -2.49. The van der Waals surface area contributed by atoms with Crippen LogP contribution in [-0.2, 0) is 0 Å². The van der Waals surface area contributed by atoms with Crippen molar-refractivity contribution in [2.45, 2.75) is 64.1 Å². The standard InChI is InChI=1S/C24H38N4O4/c1-16-13-28(17(2)15-29)23(30)20-12-19(10-11-21(20)32-22(16)14-27(3)4)26-24(31)25-18-8-6-5-7-9-18/h10-12,16-18,22,29H,5-9,13-15H2,1-4H3,(H2,25,26,31)/t16-,17+,22-/m0/s1. The second-order valence-corrected chi connectivity index (χ2v) is 9.53. The number of aliphatic hydroxyl groups excluding tert-OH is 1. The van der Waals surface area contributed by atoms with Crippen LogP contribution in [0, 0.1) is 5.92 Å². The van der Waals surface area contributed by atoms with Gasteiger partial charge in [-0.15, -0.1) is 0 Å². The minimum absolute atomic E-state index is 0.0857. The molecule has 0 saturated heterocycles. The highest BCUT2D eigenvalue weighted by molar-refractivity contribution is 5.99. The quantitative estimate of drug-likeness (QED) is 0.625. The Morgan fingerprint density at radius 2 is 2.00 bits per heavy atom. The van der Waals surface area contributed by atoms with Crippen molar-refractivity contribution in [1.29, 1.82) is 0 Å². The second kappa shape index (κ2) is 11.0. The minimum Gasteiger partial charge on any atom is -0.488 e. The van der Waals surface area contributed by atoms with E-state index in [9.17, 15) is 14.7 Å². The molecule has 0 spiro atoms. The van der Waals surface area contributed by atoms with Crippen LogP contribution in [0.4, 0.5) is 10.5 Å². The molecule has 1 aromatic rings. The van der Waals surface area contributed by atoms with E-state index >= 15 is 0 Å². The van der Waals surface area contributed by atoms with Gasteiger partial charge in [-0.2, -0.15) is 0 Å². The molecule has 3 rings (SSSR count). The van der Waals surface area contributed by atoms with E-state index in [1.165, 1.54) is 6.42 Å². The second-order valence-electron chi connectivity index (χ2n) is 9.53. The number of urea groups is 1. The van der Waals surface area contributed by atoms with Crippen LogP contribution in [0.3, 0.4) is 0 Å². The largest absolute Gasteiger partial charge is 0.488 e. The Labute approximate surface area is 191 Å². The predicted molar refractivity (Wildman–Crippen MR) is 125 cm³/mol. The molecule has 1 aliphatic heterocycles. The fourth-order valence-corrected chi connectivity index (χ4v) is 4.48. The summed E-state index contributed by atoms with van der Waals surface area (Å²) in [7, 11) is 3.99. The van der Waals surface area contributed by atoms with E-state index < -0.39 is 0 Å². The fraction of sp³-hybridized carbons (Fsp3) is 0.667. The van der Waals surface area contributed by atoms with Gasteiger partial charge in [-0.05, 0) is 52.1 Å². The lowest BCUT2D eigenvalue weighted by atomic mass is 9.96. The SMILES string of the molecule is C[C@H](CO)N1C[C@H](C)[C@H](CN(C)C)Oc2ccc(NC(=O)NC3CCCCC3)cc2C1=O. The van der Waals surface area contributed by atoms with Crippen LogP contribution in [0.5, 0.6) is 5.75 Å². The zero-order chi connectivity index (χ0) is 23.3. The molecule has 3 amide bonds. The third kappa shape index (κ3) is 6.13. The molecule has 32 heavy (non-hydrogen) atoms. The van der Waals surface area contributed by atoms with Crippen molar-refractivity contribution >= 4 is 17.6 Å². The first-order chi connectivity index (χ1) is 15.3. The van der Waals surface area contributed by atoms with E-state index in [1.54, 1.807) is 23.1 Å². The number of carbonyl (C=O) groups is 2. The lowest BCUT2D eigenvalue weighted by molar-refractivity contribution is 0.0363. The first kappa shape index (κ1) is 24.3. The minimum atomic E-state index is -0.317. The topological polar surface area (TPSA) is 94.1 Å². The number of benzene rings is 1. The average molecular weight is 447 g/mol. The van der Waals surface area contributed by atoms with Crippen molar-refractivity contribution in [3.63, 3.8) is 0 Å². The average Bonchev–Trinajstić information content (AvgIpc) is 2.76. The van der Waals surface area contributed by atoms with Gasteiger partial charge in [0, 0.05) is 30.7 Å². The van der Waals surface area contributed by atoms with Gasteiger partial charge in [0.05, 0.1) is 18.2 Å². The summed E-state index contributed by atoms with van der Waals surface area (Å²) in [5.41, 5.74) is 0.944. The van der Waals surface area contributed by atoms with Crippen LogP contribution in [0.15, 0.2) is 18.2 Å². The third-order valence-corrected chi connectivity index (χ3v) is 6.41. The summed E-state index contributed by atoms with van der Waals surface area (Å²) in [4.78, 5) is 29.7. The smallest absolute Gasteiger partial charge is 0.319 e. The number of hydrogen-bond acceptors (Lipinski definition) is 5. The molecule has 1 aliphatic carbocycles. The summed E-state index contributed by atoms with van der Waals surface area (Å²) >= 11 is 0. The molecule has 8 heteroatoms. The molecule has 1 heterocycles. The van der Waals surface area contributed by atoms with Crippen molar-refractivity contribution in [2.24, 2.45) is 5.92 Å². The van der Waals surface area contributed by atoms with Crippen LogP contribution in [0.25, 0.3) is 0 Å².